The number of nitrogens with one attached hydrogen (secondary N) is 1. The minimum atomic E-state index is -0.939. The first-order valence-electron chi connectivity index (χ1n) is 6.21. The molecule has 1 atom stereocenters. The monoisotopic (exact) mass is 255 g/mol. The lowest BCUT2D eigenvalue weighted by molar-refractivity contribution is 0.0279. The smallest absolute Gasteiger partial charge is 0.127 e. The minimum Gasteiger partial charge on any atom is -0.490 e. The lowest BCUT2D eigenvalue weighted by Gasteiger charge is -2.22. The fraction of sp³-hybridized carbons (Fsp3) is 0.571. The highest BCUT2D eigenvalue weighted by Crippen LogP contribution is 2.26. The topological polar surface area (TPSA) is 41.5 Å². The number of hydrogen-bond acceptors (Lipinski definition) is 3. The van der Waals surface area contributed by atoms with Gasteiger partial charge in [-0.05, 0) is 33.4 Å². The van der Waals surface area contributed by atoms with E-state index < -0.39 is 5.60 Å². The summed E-state index contributed by atoms with van der Waals surface area (Å²) in [5.74, 6) is 0.138. The van der Waals surface area contributed by atoms with Gasteiger partial charge in [0.25, 0.3) is 0 Å². The summed E-state index contributed by atoms with van der Waals surface area (Å²) < 4.78 is 18.8. The van der Waals surface area contributed by atoms with Gasteiger partial charge in [0.15, 0.2) is 0 Å². The van der Waals surface area contributed by atoms with Gasteiger partial charge in [-0.1, -0.05) is 13.0 Å². The zero-order valence-electron chi connectivity index (χ0n) is 11.5. The third kappa shape index (κ3) is 4.63. The van der Waals surface area contributed by atoms with Crippen LogP contribution in [-0.2, 0) is 0 Å². The molecular formula is C14H22FNO2. The van der Waals surface area contributed by atoms with E-state index in [9.17, 15) is 9.50 Å². The maximum Gasteiger partial charge on any atom is 0.127 e. The first-order chi connectivity index (χ1) is 8.33. The summed E-state index contributed by atoms with van der Waals surface area (Å²) in [4.78, 5) is 0. The van der Waals surface area contributed by atoms with Gasteiger partial charge < -0.3 is 15.2 Å². The van der Waals surface area contributed by atoms with E-state index >= 15 is 0 Å². The molecule has 0 spiro atoms. The largest absolute Gasteiger partial charge is 0.490 e. The second-order valence-electron chi connectivity index (χ2n) is 5.06. The normalized spacial score (nSPS) is 13.4. The van der Waals surface area contributed by atoms with Crippen molar-refractivity contribution >= 4 is 0 Å². The van der Waals surface area contributed by atoms with Gasteiger partial charge in [0.05, 0.1) is 5.60 Å². The SMILES string of the molecule is CCNC(C)c1ccc(F)cc1OCC(C)(C)O. The summed E-state index contributed by atoms with van der Waals surface area (Å²) >= 11 is 0. The maximum absolute atomic E-state index is 13.3. The molecule has 0 saturated heterocycles. The zero-order chi connectivity index (χ0) is 13.8. The molecule has 2 N–H and O–H groups in total. The molecule has 0 radical (unpaired) electrons. The van der Waals surface area contributed by atoms with Crippen LogP contribution in [0.15, 0.2) is 18.2 Å². The first kappa shape index (κ1) is 14.9. The Labute approximate surface area is 108 Å². The molecule has 4 heteroatoms. The van der Waals surface area contributed by atoms with Crippen molar-refractivity contribution in [1.29, 1.82) is 0 Å². The predicted molar refractivity (Wildman–Crippen MR) is 70.3 cm³/mol. The predicted octanol–water partition coefficient (Wildman–Crippen LogP) is 2.65. The molecule has 0 aliphatic rings. The van der Waals surface area contributed by atoms with E-state index in [0.717, 1.165) is 12.1 Å². The fourth-order valence-corrected chi connectivity index (χ4v) is 1.66. The summed E-state index contributed by atoms with van der Waals surface area (Å²) in [5, 5.41) is 12.9. The van der Waals surface area contributed by atoms with Crippen LogP contribution < -0.4 is 10.1 Å². The quantitative estimate of drug-likeness (QED) is 0.821. The first-order valence-corrected chi connectivity index (χ1v) is 6.21. The van der Waals surface area contributed by atoms with Crippen LogP contribution >= 0.6 is 0 Å². The van der Waals surface area contributed by atoms with Crippen molar-refractivity contribution in [3.05, 3.63) is 29.6 Å². The molecule has 0 aliphatic heterocycles. The van der Waals surface area contributed by atoms with Crippen molar-refractivity contribution in [2.45, 2.75) is 39.3 Å². The van der Waals surface area contributed by atoms with Crippen LogP contribution in [0.4, 0.5) is 4.39 Å². The van der Waals surface area contributed by atoms with E-state index in [4.69, 9.17) is 4.74 Å². The van der Waals surface area contributed by atoms with Crippen LogP contribution in [0.25, 0.3) is 0 Å². The number of benzene rings is 1. The van der Waals surface area contributed by atoms with Crippen LogP contribution in [0.2, 0.25) is 0 Å². The highest BCUT2D eigenvalue weighted by Gasteiger charge is 2.17. The highest BCUT2D eigenvalue weighted by molar-refractivity contribution is 5.36. The van der Waals surface area contributed by atoms with Crippen LogP contribution in [0.5, 0.6) is 5.75 Å². The second kappa shape index (κ2) is 6.16. The average molecular weight is 255 g/mol. The van der Waals surface area contributed by atoms with Crippen molar-refractivity contribution in [1.82, 2.24) is 5.32 Å². The van der Waals surface area contributed by atoms with Crippen LogP contribution in [-0.4, -0.2) is 23.9 Å². The number of aliphatic hydroxyl groups is 1. The Bertz CT molecular complexity index is 388. The summed E-state index contributed by atoms with van der Waals surface area (Å²) in [5.41, 5.74) is -0.0483. The van der Waals surface area contributed by atoms with Crippen molar-refractivity contribution in [3.8, 4) is 5.75 Å². The molecule has 0 heterocycles. The molecule has 102 valence electrons. The minimum absolute atomic E-state index is 0.0763. The molecule has 0 bridgehead atoms. The van der Waals surface area contributed by atoms with E-state index in [1.807, 2.05) is 13.8 Å². The number of halogens is 1. The second-order valence-corrected chi connectivity index (χ2v) is 5.06. The third-order valence-electron chi connectivity index (χ3n) is 2.53. The van der Waals surface area contributed by atoms with Gasteiger partial charge in [-0.3, -0.25) is 0 Å². The van der Waals surface area contributed by atoms with Gasteiger partial charge in [0.1, 0.15) is 18.2 Å². The Morgan fingerprint density at radius 3 is 2.67 bits per heavy atom. The van der Waals surface area contributed by atoms with E-state index in [1.165, 1.54) is 12.1 Å². The van der Waals surface area contributed by atoms with Crippen LogP contribution in [0.3, 0.4) is 0 Å². The van der Waals surface area contributed by atoms with Gasteiger partial charge in [0.2, 0.25) is 0 Å². The fourth-order valence-electron chi connectivity index (χ4n) is 1.66. The van der Waals surface area contributed by atoms with Crippen molar-refractivity contribution < 1.29 is 14.2 Å². The lowest BCUT2D eigenvalue weighted by Crippen LogP contribution is -2.28. The third-order valence-corrected chi connectivity index (χ3v) is 2.53. The van der Waals surface area contributed by atoms with Crippen molar-refractivity contribution in [3.63, 3.8) is 0 Å². The summed E-state index contributed by atoms with van der Waals surface area (Å²) in [7, 11) is 0. The lowest BCUT2D eigenvalue weighted by atomic mass is 10.1. The van der Waals surface area contributed by atoms with Crippen LogP contribution in [0.1, 0.15) is 39.3 Å². The molecule has 1 unspecified atom stereocenters. The Morgan fingerprint density at radius 1 is 1.44 bits per heavy atom. The Balaban J connectivity index is 2.89. The molecule has 0 fully saturated rings. The molecule has 0 aromatic heterocycles. The van der Waals surface area contributed by atoms with Gasteiger partial charge in [-0.25, -0.2) is 4.39 Å². The highest BCUT2D eigenvalue weighted by atomic mass is 19.1. The molecular weight excluding hydrogens is 233 g/mol. The molecule has 18 heavy (non-hydrogen) atoms. The molecule has 0 aliphatic carbocycles. The van der Waals surface area contributed by atoms with Gasteiger partial charge in [-0.2, -0.15) is 0 Å². The Kier molecular flexibility index (Phi) is 5.11. The molecule has 0 amide bonds. The van der Waals surface area contributed by atoms with Crippen molar-refractivity contribution in [2.24, 2.45) is 0 Å². The molecule has 1 rings (SSSR count). The van der Waals surface area contributed by atoms with E-state index in [0.29, 0.717) is 5.75 Å². The average Bonchev–Trinajstić information content (AvgIpc) is 2.25. The summed E-state index contributed by atoms with van der Waals surface area (Å²) in [6.45, 7) is 8.26. The molecule has 1 aromatic rings. The Morgan fingerprint density at radius 2 is 2.11 bits per heavy atom. The van der Waals surface area contributed by atoms with Gasteiger partial charge in [0, 0.05) is 17.7 Å². The zero-order valence-corrected chi connectivity index (χ0v) is 11.5. The number of hydrogen-bond donors (Lipinski definition) is 2. The standard InChI is InChI=1S/C14H22FNO2/c1-5-16-10(2)12-7-6-11(15)8-13(12)18-9-14(3,4)17/h6-8,10,16-17H,5,9H2,1-4H3. The van der Waals surface area contributed by atoms with Crippen LogP contribution in [0, 0.1) is 5.82 Å². The molecule has 0 saturated carbocycles. The molecule has 1 aromatic carbocycles. The molecule has 3 nitrogen and oxygen atoms in total. The van der Waals surface area contributed by atoms with E-state index in [2.05, 4.69) is 5.32 Å². The Hall–Kier alpha value is -1.13. The number of ether oxygens (including phenoxy) is 1. The van der Waals surface area contributed by atoms with E-state index in [1.54, 1.807) is 19.9 Å². The van der Waals surface area contributed by atoms with Gasteiger partial charge in [-0.15, -0.1) is 0 Å². The summed E-state index contributed by atoms with van der Waals surface area (Å²) in [6, 6.07) is 4.56. The van der Waals surface area contributed by atoms with Gasteiger partial charge >= 0.3 is 0 Å². The van der Waals surface area contributed by atoms with E-state index in [-0.39, 0.29) is 18.5 Å². The summed E-state index contributed by atoms with van der Waals surface area (Å²) in [6.07, 6.45) is 0. The van der Waals surface area contributed by atoms with Crippen molar-refractivity contribution in [2.75, 3.05) is 13.2 Å². The maximum atomic E-state index is 13.3. The number of rotatable bonds is 6.